The van der Waals surface area contributed by atoms with Gasteiger partial charge in [-0.1, -0.05) is 0 Å². The number of hydrogen-bond donors (Lipinski definition) is 6. The molecule has 2 fully saturated rings. The lowest BCUT2D eigenvalue weighted by Crippen LogP contribution is -2.66. The number of nitrogens with one attached hydrogen (secondary N) is 2. The monoisotopic (exact) mass is 505 g/mol. The summed E-state index contributed by atoms with van der Waals surface area (Å²) in [6.07, 6.45) is -7.45. The summed E-state index contributed by atoms with van der Waals surface area (Å²) in [4.78, 5) is 30.2. The number of carbonyl (C=O) groups is 1. The van der Waals surface area contributed by atoms with Crippen LogP contribution in [-0.4, -0.2) is 117 Å². The van der Waals surface area contributed by atoms with Crippen molar-refractivity contribution in [1.29, 1.82) is 0 Å². The van der Waals surface area contributed by atoms with E-state index < -0.39 is 36.6 Å². The van der Waals surface area contributed by atoms with E-state index in [1.165, 1.54) is 11.3 Å². The van der Waals surface area contributed by atoms with Gasteiger partial charge in [0.2, 0.25) is 5.95 Å². The average Bonchev–Trinajstić information content (AvgIpc) is 3.24. The van der Waals surface area contributed by atoms with Crippen LogP contribution in [0.25, 0.3) is 20.4 Å². The van der Waals surface area contributed by atoms with Gasteiger partial charge in [-0.3, -0.25) is 4.90 Å². The Bertz CT molecular complexity index is 1250. The number of thiophene rings is 1. The Balaban J connectivity index is 1.41. The van der Waals surface area contributed by atoms with Gasteiger partial charge in [-0.05, 0) is 12.1 Å². The Morgan fingerprint density at radius 3 is 2.43 bits per heavy atom. The van der Waals surface area contributed by atoms with Crippen LogP contribution in [0.1, 0.15) is 0 Å². The highest BCUT2D eigenvalue weighted by Gasteiger charge is 2.49. The number of ether oxygens (including phenoxy) is 1. The third-order valence-corrected chi connectivity index (χ3v) is 7.53. The van der Waals surface area contributed by atoms with E-state index >= 15 is 0 Å². The quantitative estimate of drug-likeness (QED) is 0.258. The Morgan fingerprint density at radius 2 is 1.77 bits per heavy atom. The van der Waals surface area contributed by atoms with Crippen molar-refractivity contribution in [2.24, 2.45) is 0 Å². The van der Waals surface area contributed by atoms with Gasteiger partial charge in [-0.15, -0.1) is 11.3 Å². The maximum absolute atomic E-state index is 11.4. The molecule has 6 N–H and O–H groups in total. The second-order valence-corrected chi connectivity index (χ2v) is 9.48. The van der Waals surface area contributed by atoms with E-state index in [1.54, 1.807) is 11.9 Å². The zero-order valence-electron chi connectivity index (χ0n) is 19.1. The molecule has 0 amide bonds. The van der Waals surface area contributed by atoms with Crippen molar-refractivity contribution in [2.75, 3.05) is 55.8 Å². The lowest BCUT2D eigenvalue weighted by atomic mass is 9.97. The molecule has 5 rings (SSSR count). The molecular formula is C21H27N7O6S. The summed E-state index contributed by atoms with van der Waals surface area (Å²) in [5, 5.41) is 46.9. The van der Waals surface area contributed by atoms with Crippen LogP contribution in [0.4, 0.5) is 17.6 Å². The molecule has 14 heteroatoms. The van der Waals surface area contributed by atoms with Crippen LogP contribution in [0, 0.1) is 0 Å². The third kappa shape index (κ3) is 4.11. The molecule has 0 aliphatic carbocycles. The highest BCUT2D eigenvalue weighted by molar-refractivity contribution is 7.26. The number of anilines is 3. The molecular weight excluding hydrogens is 478 g/mol. The van der Waals surface area contributed by atoms with Crippen molar-refractivity contribution in [3.63, 3.8) is 0 Å². The van der Waals surface area contributed by atoms with Crippen molar-refractivity contribution in [1.82, 2.24) is 19.9 Å². The second-order valence-electron chi connectivity index (χ2n) is 8.48. The fraction of sp³-hybridized carbons (Fsp3) is 0.524. The lowest BCUT2D eigenvalue weighted by molar-refractivity contribution is -0.260. The molecule has 2 saturated heterocycles. The first-order valence-electron chi connectivity index (χ1n) is 11.2. The molecule has 3 aromatic heterocycles. The number of carboxylic acid groups (broad SMARTS) is 1. The molecule has 2 aliphatic rings. The normalized spacial score (nSPS) is 27.9. The molecule has 3 aromatic rings. The van der Waals surface area contributed by atoms with E-state index in [0.29, 0.717) is 32.1 Å². The van der Waals surface area contributed by atoms with Crippen molar-refractivity contribution >= 4 is 55.3 Å². The molecule has 0 aromatic carbocycles. The fourth-order valence-corrected chi connectivity index (χ4v) is 5.66. The van der Waals surface area contributed by atoms with Crippen molar-refractivity contribution in [3.05, 3.63) is 12.1 Å². The van der Waals surface area contributed by atoms with Gasteiger partial charge in [-0.2, -0.15) is 4.98 Å². The summed E-state index contributed by atoms with van der Waals surface area (Å²) in [5.41, 5.74) is 0.810. The van der Waals surface area contributed by atoms with Crippen LogP contribution in [-0.2, 0) is 9.53 Å². The van der Waals surface area contributed by atoms with Gasteiger partial charge in [0.25, 0.3) is 0 Å². The number of aliphatic hydroxyl groups excluding tert-OH is 3. The molecule has 0 saturated carbocycles. The third-order valence-electron chi connectivity index (χ3n) is 6.45. The average molecular weight is 506 g/mol. The predicted octanol–water partition coefficient (Wildman–Crippen LogP) is -0.663. The fourth-order valence-electron chi connectivity index (χ4n) is 4.53. The van der Waals surface area contributed by atoms with E-state index in [9.17, 15) is 25.2 Å². The van der Waals surface area contributed by atoms with Crippen LogP contribution in [0.5, 0.6) is 0 Å². The molecule has 13 nitrogen and oxygen atoms in total. The van der Waals surface area contributed by atoms with E-state index in [2.05, 4.69) is 25.5 Å². The summed E-state index contributed by atoms with van der Waals surface area (Å²) in [7, 11) is 3.58. The molecule has 0 spiro atoms. The standard InChI is InChI=1S/C21H27N7O6S/c1-22-10-4-3-9-11-16(35-18(9)24-10)17(26-21(23-2)25-11)27-5-7-28(8-6-27)19-14(31)12(29)13(30)15(34-19)20(32)33/h3-4,12-15,19,29-31H,5-8H2,1-2H3,(H,22,24)(H,32,33)(H,23,25,26)/t12-,13-,14+,15-,19+/m0/s1. The van der Waals surface area contributed by atoms with Crippen LogP contribution < -0.4 is 15.5 Å². The number of carboxylic acids is 1. The Hall–Kier alpha value is -2.88. The number of fused-ring (bicyclic) bond motifs is 3. The number of nitrogens with zero attached hydrogens (tertiary/aromatic N) is 5. The predicted molar refractivity (Wildman–Crippen MR) is 130 cm³/mol. The summed E-state index contributed by atoms with van der Waals surface area (Å²) < 4.78 is 6.40. The van der Waals surface area contributed by atoms with Crippen LogP contribution in [0.15, 0.2) is 12.1 Å². The summed E-state index contributed by atoms with van der Waals surface area (Å²) in [5.74, 6) is 0.616. The zero-order valence-corrected chi connectivity index (χ0v) is 19.9. The first-order valence-corrected chi connectivity index (χ1v) is 12.0. The molecule has 2 aliphatic heterocycles. The minimum absolute atomic E-state index is 0.421. The van der Waals surface area contributed by atoms with Crippen molar-refractivity contribution in [2.45, 2.75) is 30.6 Å². The van der Waals surface area contributed by atoms with E-state index in [-0.39, 0.29) is 0 Å². The number of aliphatic hydroxyl groups is 3. The van der Waals surface area contributed by atoms with Crippen LogP contribution in [0.2, 0.25) is 0 Å². The summed E-state index contributed by atoms with van der Waals surface area (Å²) in [6, 6.07) is 3.89. The first kappa shape index (κ1) is 23.8. The van der Waals surface area contributed by atoms with Crippen molar-refractivity contribution < 1.29 is 30.0 Å². The highest BCUT2D eigenvalue weighted by Crippen LogP contribution is 2.38. The van der Waals surface area contributed by atoms with Gasteiger partial charge in [0, 0.05) is 45.7 Å². The Morgan fingerprint density at radius 1 is 1.03 bits per heavy atom. The molecule has 0 radical (unpaired) electrons. The van der Waals surface area contributed by atoms with E-state index in [0.717, 1.165) is 32.1 Å². The first-order chi connectivity index (χ1) is 16.8. The summed E-state index contributed by atoms with van der Waals surface area (Å²) in [6.45, 7) is 1.87. The number of aliphatic carboxylic acids is 1. The van der Waals surface area contributed by atoms with Gasteiger partial charge in [0.15, 0.2) is 11.9 Å². The minimum Gasteiger partial charge on any atom is -0.479 e. The van der Waals surface area contributed by atoms with E-state index in [4.69, 9.17) is 9.72 Å². The molecule has 5 heterocycles. The molecule has 0 unspecified atom stereocenters. The maximum atomic E-state index is 11.4. The number of aromatic nitrogens is 3. The topological polar surface area (TPSA) is 176 Å². The van der Waals surface area contributed by atoms with Gasteiger partial charge in [-0.25, -0.2) is 14.8 Å². The van der Waals surface area contributed by atoms with Gasteiger partial charge in [0.1, 0.15) is 35.2 Å². The Labute approximate surface area is 204 Å². The van der Waals surface area contributed by atoms with E-state index in [1.807, 2.05) is 19.2 Å². The highest BCUT2D eigenvalue weighted by atomic mass is 32.1. The number of hydrogen-bond acceptors (Lipinski definition) is 13. The molecule has 5 atom stereocenters. The van der Waals surface area contributed by atoms with Crippen LogP contribution in [0.3, 0.4) is 0 Å². The molecule has 35 heavy (non-hydrogen) atoms. The van der Waals surface area contributed by atoms with Crippen LogP contribution >= 0.6 is 11.3 Å². The van der Waals surface area contributed by atoms with Gasteiger partial charge < -0.3 is 40.7 Å². The maximum Gasteiger partial charge on any atom is 0.335 e. The lowest BCUT2D eigenvalue weighted by Gasteiger charge is -2.46. The zero-order chi connectivity index (χ0) is 24.9. The number of rotatable bonds is 5. The smallest absolute Gasteiger partial charge is 0.335 e. The van der Waals surface area contributed by atoms with Gasteiger partial charge in [0.05, 0.1) is 10.2 Å². The SMILES string of the molecule is CNc1ccc2c(n1)sc1c(N3CCN([C@@H]4O[C@H](C(=O)O)[C@@H](O)[C@H](O)[C@H]4O)CC3)nc(NC)nc12. The number of piperazine rings is 1. The van der Waals surface area contributed by atoms with Crippen molar-refractivity contribution in [3.8, 4) is 0 Å². The van der Waals surface area contributed by atoms with Gasteiger partial charge >= 0.3 is 5.97 Å². The Kier molecular flexibility index (Phi) is 6.33. The molecule has 188 valence electrons. The molecule has 0 bridgehead atoms. The minimum atomic E-state index is -1.71. The summed E-state index contributed by atoms with van der Waals surface area (Å²) >= 11 is 1.51. The second kappa shape index (κ2) is 9.29. The largest absolute Gasteiger partial charge is 0.479 e. The number of pyridine rings is 1.